The highest BCUT2D eigenvalue weighted by atomic mass is 32.1. The monoisotopic (exact) mass is 351 g/mol. The average Bonchev–Trinajstić information content (AvgIpc) is 3.04. The molecule has 24 heavy (non-hydrogen) atoms. The molecule has 0 aliphatic carbocycles. The molecule has 0 bridgehead atoms. The number of likely N-dealkylation sites (tertiary alicyclic amines) is 1. The number of rotatable bonds is 4. The van der Waals surface area contributed by atoms with Gasteiger partial charge in [0, 0.05) is 43.1 Å². The summed E-state index contributed by atoms with van der Waals surface area (Å²) in [6.07, 6.45) is 3.89. The number of carbonyl (C=O) groups excluding carboxylic acids is 1. The second-order valence-electron chi connectivity index (χ2n) is 5.80. The van der Waals surface area contributed by atoms with Gasteiger partial charge in [0.2, 0.25) is 0 Å². The normalized spacial score (nSPS) is 14.7. The number of piperidine rings is 1. The van der Waals surface area contributed by atoms with Crippen molar-refractivity contribution in [2.45, 2.75) is 25.7 Å². The van der Waals surface area contributed by atoms with Gasteiger partial charge in [-0.2, -0.15) is 0 Å². The Morgan fingerprint density at radius 2 is 2.04 bits per heavy atom. The molecule has 7 heteroatoms. The SMILES string of the molecule is O=C(NCCc1csc(-c2ccc(F)cc2F)n1)N1CCCCC1. The van der Waals surface area contributed by atoms with Crippen molar-refractivity contribution in [3.8, 4) is 10.6 Å². The fourth-order valence-electron chi connectivity index (χ4n) is 2.71. The van der Waals surface area contributed by atoms with Crippen molar-refractivity contribution in [2.75, 3.05) is 19.6 Å². The predicted molar refractivity (Wildman–Crippen MR) is 90.0 cm³/mol. The molecule has 1 aliphatic heterocycles. The van der Waals surface area contributed by atoms with Gasteiger partial charge in [0.05, 0.1) is 5.69 Å². The van der Waals surface area contributed by atoms with Crippen LogP contribution in [0.4, 0.5) is 13.6 Å². The van der Waals surface area contributed by atoms with Gasteiger partial charge in [-0.15, -0.1) is 11.3 Å². The van der Waals surface area contributed by atoms with Crippen LogP contribution in [0.3, 0.4) is 0 Å². The number of carbonyl (C=O) groups is 1. The van der Waals surface area contributed by atoms with Crippen LogP contribution in [0.1, 0.15) is 25.0 Å². The molecule has 0 saturated carbocycles. The highest BCUT2D eigenvalue weighted by Crippen LogP contribution is 2.26. The first kappa shape index (κ1) is 16.8. The van der Waals surface area contributed by atoms with Crippen molar-refractivity contribution in [3.05, 3.63) is 40.9 Å². The lowest BCUT2D eigenvalue weighted by Crippen LogP contribution is -2.43. The number of nitrogens with one attached hydrogen (secondary N) is 1. The van der Waals surface area contributed by atoms with E-state index in [4.69, 9.17) is 0 Å². The van der Waals surface area contributed by atoms with E-state index in [-0.39, 0.29) is 6.03 Å². The van der Waals surface area contributed by atoms with Gasteiger partial charge in [0.15, 0.2) is 0 Å². The summed E-state index contributed by atoms with van der Waals surface area (Å²) in [5, 5.41) is 5.25. The number of benzene rings is 1. The second kappa shape index (κ2) is 7.70. The summed E-state index contributed by atoms with van der Waals surface area (Å²) in [5.74, 6) is -1.22. The highest BCUT2D eigenvalue weighted by Gasteiger charge is 2.16. The van der Waals surface area contributed by atoms with E-state index in [1.54, 1.807) is 0 Å². The van der Waals surface area contributed by atoms with Crippen LogP contribution in [0.25, 0.3) is 10.6 Å². The van der Waals surface area contributed by atoms with Gasteiger partial charge >= 0.3 is 6.03 Å². The molecule has 0 atom stereocenters. The molecule has 4 nitrogen and oxygen atoms in total. The maximum absolute atomic E-state index is 13.8. The fraction of sp³-hybridized carbons (Fsp3) is 0.412. The molecule has 1 aromatic carbocycles. The Balaban J connectivity index is 1.53. The van der Waals surface area contributed by atoms with E-state index < -0.39 is 11.6 Å². The third-order valence-electron chi connectivity index (χ3n) is 4.01. The van der Waals surface area contributed by atoms with Crippen LogP contribution in [0.2, 0.25) is 0 Å². The topological polar surface area (TPSA) is 45.2 Å². The standard InChI is InChI=1S/C17H19F2N3OS/c18-12-4-5-14(15(19)10-12)16-21-13(11-24-16)6-7-20-17(23)22-8-2-1-3-9-22/h4-5,10-11H,1-3,6-9H2,(H,20,23). The van der Waals surface area contributed by atoms with Crippen LogP contribution in [0.5, 0.6) is 0 Å². The lowest BCUT2D eigenvalue weighted by molar-refractivity contribution is 0.186. The van der Waals surface area contributed by atoms with E-state index >= 15 is 0 Å². The minimum absolute atomic E-state index is 0.0327. The summed E-state index contributed by atoms with van der Waals surface area (Å²) in [6, 6.07) is 3.44. The number of urea groups is 1. The Bertz CT molecular complexity index is 714. The molecule has 1 aromatic heterocycles. The minimum Gasteiger partial charge on any atom is -0.338 e. The van der Waals surface area contributed by atoms with E-state index in [0.717, 1.165) is 37.7 Å². The van der Waals surface area contributed by atoms with Crippen LogP contribution in [-0.4, -0.2) is 35.5 Å². The molecular formula is C17H19F2N3OS. The van der Waals surface area contributed by atoms with Gasteiger partial charge in [-0.3, -0.25) is 0 Å². The molecule has 1 N–H and O–H groups in total. The quantitative estimate of drug-likeness (QED) is 0.910. The number of amides is 2. The van der Waals surface area contributed by atoms with Crippen LogP contribution < -0.4 is 5.32 Å². The maximum atomic E-state index is 13.8. The average molecular weight is 351 g/mol. The first-order chi connectivity index (χ1) is 11.6. The summed E-state index contributed by atoms with van der Waals surface area (Å²) in [6.45, 7) is 2.12. The first-order valence-corrected chi connectivity index (χ1v) is 8.94. The molecular weight excluding hydrogens is 332 g/mol. The summed E-state index contributed by atoms with van der Waals surface area (Å²) in [5.41, 5.74) is 1.09. The Hall–Kier alpha value is -2.02. The summed E-state index contributed by atoms with van der Waals surface area (Å²) in [4.78, 5) is 18.2. The summed E-state index contributed by atoms with van der Waals surface area (Å²) >= 11 is 1.31. The molecule has 1 fully saturated rings. The Labute approximate surface area is 143 Å². The van der Waals surface area contributed by atoms with Crippen molar-refractivity contribution in [2.24, 2.45) is 0 Å². The van der Waals surface area contributed by atoms with E-state index in [1.807, 2.05) is 10.3 Å². The number of nitrogens with zero attached hydrogens (tertiary/aromatic N) is 2. The van der Waals surface area contributed by atoms with Crippen LogP contribution in [0, 0.1) is 11.6 Å². The van der Waals surface area contributed by atoms with Gasteiger partial charge in [0.1, 0.15) is 16.6 Å². The number of hydrogen-bond acceptors (Lipinski definition) is 3. The lowest BCUT2D eigenvalue weighted by Gasteiger charge is -2.26. The third kappa shape index (κ3) is 4.08. The van der Waals surface area contributed by atoms with Gasteiger partial charge in [-0.1, -0.05) is 0 Å². The molecule has 3 rings (SSSR count). The maximum Gasteiger partial charge on any atom is 0.317 e. The molecule has 1 aliphatic rings. The highest BCUT2D eigenvalue weighted by molar-refractivity contribution is 7.13. The smallest absolute Gasteiger partial charge is 0.317 e. The van der Waals surface area contributed by atoms with E-state index in [2.05, 4.69) is 10.3 Å². The molecule has 0 unspecified atom stereocenters. The summed E-state index contributed by atoms with van der Waals surface area (Å²) < 4.78 is 26.7. The number of aromatic nitrogens is 1. The summed E-state index contributed by atoms with van der Waals surface area (Å²) in [7, 11) is 0. The minimum atomic E-state index is -0.616. The molecule has 128 valence electrons. The van der Waals surface area contributed by atoms with Crippen molar-refractivity contribution in [3.63, 3.8) is 0 Å². The van der Waals surface area contributed by atoms with Crippen molar-refractivity contribution < 1.29 is 13.6 Å². The molecule has 2 aromatic rings. The second-order valence-corrected chi connectivity index (χ2v) is 6.66. The van der Waals surface area contributed by atoms with E-state index in [0.29, 0.717) is 23.5 Å². The Kier molecular flexibility index (Phi) is 5.40. The Morgan fingerprint density at radius 1 is 1.25 bits per heavy atom. The van der Waals surface area contributed by atoms with Gasteiger partial charge in [0.25, 0.3) is 0 Å². The number of halogens is 2. The van der Waals surface area contributed by atoms with Gasteiger partial charge < -0.3 is 10.2 Å². The van der Waals surface area contributed by atoms with Gasteiger partial charge in [-0.05, 0) is 31.4 Å². The lowest BCUT2D eigenvalue weighted by atomic mass is 10.1. The zero-order valence-corrected chi connectivity index (χ0v) is 14.0. The first-order valence-electron chi connectivity index (χ1n) is 8.06. The number of hydrogen-bond donors (Lipinski definition) is 1. The zero-order valence-electron chi connectivity index (χ0n) is 13.2. The molecule has 0 spiro atoms. The molecule has 1 saturated heterocycles. The largest absolute Gasteiger partial charge is 0.338 e. The zero-order chi connectivity index (χ0) is 16.9. The van der Waals surface area contributed by atoms with Crippen molar-refractivity contribution in [1.82, 2.24) is 15.2 Å². The van der Waals surface area contributed by atoms with Crippen molar-refractivity contribution in [1.29, 1.82) is 0 Å². The third-order valence-corrected chi connectivity index (χ3v) is 4.94. The molecule has 2 amide bonds. The van der Waals surface area contributed by atoms with E-state index in [9.17, 15) is 13.6 Å². The molecule has 0 radical (unpaired) electrons. The van der Waals surface area contributed by atoms with Crippen LogP contribution >= 0.6 is 11.3 Å². The Morgan fingerprint density at radius 3 is 2.79 bits per heavy atom. The predicted octanol–water partition coefficient (Wildman–Crippen LogP) is 3.83. The van der Waals surface area contributed by atoms with Gasteiger partial charge in [-0.25, -0.2) is 18.6 Å². The van der Waals surface area contributed by atoms with Crippen LogP contribution in [-0.2, 0) is 6.42 Å². The molecule has 2 heterocycles. The number of thiazole rings is 1. The fourth-order valence-corrected chi connectivity index (χ4v) is 3.60. The van der Waals surface area contributed by atoms with E-state index in [1.165, 1.54) is 29.9 Å². The van der Waals surface area contributed by atoms with Crippen molar-refractivity contribution >= 4 is 17.4 Å². The van der Waals surface area contributed by atoms with Crippen LogP contribution in [0.15, 0.2) is 23.6 Å².